The minimum absolute atomic E-state index is 0.0782. The van der Waals surface area contributed by atoms with Gasteiger partial charge in [0.15, 0.2) is 11.5 Å². The van der Waals surface area contributed by atoms with Gasteiger partial charge in [0.05, 0.1) is 30.0 Å². The highest BCUT2D eigenvalue weighted by molar-refractivity contribution is 9.10. The molecule has 6 nitrogen and oxygen atoms in total. The van der Waals surface area contributed by atoms with Crippen LogP contribution in [0.2, 0.25) is 0 Å². The molecule has 2 N–H and O–H groups in total. The normalized spacial score (nSPS) is 11.4. The summed E-state index contributed by atoms with van der Waals surface area (Å²) in [6.45, 7) is 1.82. The first kappa shape index (κ1) is 16.1. The third-order valence-electron chi connectivity index (χ3n) is 3.01. The summed E-state index contributed by atoms with van der Waals surface area (Å²) in [6, 6.07) is 5.09. The number of esters is 1. The third kappa shape index (κ3) is 3.14. The molecular weight excluding hydrogens is 352 g/mol. The molecular formula is C15H15BrN2O4. The van der Waals surface area contributed by atoms with Crippen LogP contribution in [0.25, 0.3) is 11.6 Å². The number of carbonyl (C=O) groups excluding carboxylic acids is 1. The van der Waals surface area contributed by atoms with Crippen LogP contribution in [0.4, 0.5) is 0 Å². The van der Waals surface area contributed by atoms with Gasteiger partial charge in [-0.1, -0.05) is 0 Å². The summed E-state index contributed by atoms with van der Waals surface area (Å²) in [5.41, 5.74) is 1.89. The Bertz CT molecular complexity index is 737. The van der Waals surface area contributed by atoms with Crippen LogP contribution in [0.1, 0.15) is 17.0 Å². The third-order valence-corrected chi connectivity index (χ3v) is 3.63. The number of phenolic OH excluding ortho intramolecular Hbond substituents is 1. The summed E-state index contributed by atoms with van der Waals surface area (Å²) in [6.07, 6.45) is 1.51. The van der Waals surface area contributed by atoms with Crippen LogP contribution in [0.3, 0.4) is 0 Å². The zero-order chi connectivity index (χ0) is 16.3. The Kier molecular flexibility index (Phi) is 4.87. The second kappa shape index (κ2) is 6.65. The van der Waals surface area contributed by atoms with Gasteiger partial charge in [0.1, 0.15) is 0 Å². The van der Waals surface area contributed by atoms with Crippen LogP contribution in [0, 0.1) is 6.92 Å². The first-order valence-corrected chi connectivity index (χ1v) is 7.15. The lowest BCUT2D eigenvalue weighted by Crippen LogP contribution is -2.04. The number of H-pyrrole nitrogens is 1. The van der Waals surface area contributed by atoms with Crippen molar-refractivity contribution >= 4 is 33.5 Å². The number of nitrogens with one attached hydrogen (secondary N) is 1. The van der Waals surface area contributed by atoms with Crippen molar-refractivity contribution in [1.29, 1.82) is 0 Å². The maximum Gasteiger partial charge on any atom is 0.340 e. The standard InChI is InChI=1S/C15H15BrN2O4/c1-8-6-12(18-17-8)10(15(20)22-3)7-9-4-5-11(16)14(21-2)13(9)19/h4-7,19H,1-3H3,(H,17,18)/b10-7-. The summed E-state index contributed by atoms with van der Waals surface area (Å²) in [4.78, 5) is 12.0. The van der Waals surface area contributed by atoms with Crippen LogP contribution >= 0.6 is 15.9 Å². The van der Waals surface area contributed by atoms with Gasteiger partial charge in [0.2, 0.25) is 0 Å². The van der Waals surface area contributed by atoms with E-state index in [0.29, 0.717) is 15.7 Å². The van der Waals surface area contributed by atoms with Gasteiger partial charge in [0, 0.05) is 11.3 Å². The maximum absolute atomic E-state index is 12.0. The molecule has 1 aromatic carbocycles. The zero-order valence-electron chi connectivity index (χ0n) is 12.3. The number of phenols is 1. The van der Waals surface area contributed by atoms with Crippen molar-refractivity contribution in [3.8, 4) is 11.5 Å². The minimum atomic E-state index is -0.548. The van der Waals surface area contributed by atoms with Gasteiger partial charge in [-0.3, -0.25) is 5.10 Å². The average molecular weight is 367 g/mol. The molecule has 116 valence electrons. The molecule has 1 heterocycles. The van der Waals surface area contributed by atoms with Gasteiger partial charge >= 0.3 is 5.97 Å². The summed E-state index contributed by atoms with van der Waals surface area (Å²) in [5.74, 6) is -0.338. The van der Waals surface area contributed by atoms with Gasteiger partial charge in [-0.2, -0.15) is 5.10 Å². The molecule has 0 bridgehead atoms. The van der Waals surface area contributed by atoms with Gasteiger partial charge < -0.3 is 14.6 Å². The molecule has 0 aliphatic rings. The lowest BCUT2D eigenvalue weighted by atomic mass is 10.1. The summed E-state index contributed by atoms with van der Waals surface area (Å²) >= 11 is 3.28. The van der Waals surface area contributed by atoms with E-state index in [1.165, 1.54) is 20.3 Å². The van der Waals surface area contributed by atoms with Crippen molar-refractivity contribution in [2.75, 3.05) is 14.2 Å². The number of ether oxygens (including phenoxy) is 2. The molecule has 0 unspecified atom stereocenters. The van der Waals surface area contributed by atoms with Crippen LogP contribution in [-0.4, -0.2) is 35.5 Å². The van der Waals surface area contributed by atoms with Crippen molar-refractivity contribution in [3.63, 3.8) is 0 Å². The van der Waals surface area contributed by atoms with Crippen molar-refractivity contribution in [3.05, 3.63) is 39.6 Å². The summed E-state index contributed by atoms with van der Waals surface area (Å²) in [5, 5.41) is 17.1. The SMILES string of the molecule is COC(=O)/C(=C\c1ccc(Br)c(OC)c1O)c1cc(C)[nH]n1. The number of hydrogen-bond donors (Lipinski definition) is 2. The van der Waals surface area contributed by atoms with Gasteiger partial charge in [-0.05, 0) is 47.1 Å². The number of halogens is 1. The van der Waals surface area contributed by atoms with Crippen molar-refractivity contribution in [2.45, 2.75) is 6.92 Å². The summed E-state index contributed by atoms with van der Waals surface area (Å²) in [7, 11) is 2.74. The van der Waals surface area contributed by atoms with E-state index >= 15 is 0 Å². The van der Waals surface area contributed by atoms with Gasteiger partial charge in [-0.15, -0.1) is 0 Å². The fourth-order valence-electron chi connectivity index (χ4n) is 1.93. The lowest BCUT2D eigenvalue weighted by molar-refractivity contribution is -0.133. The maximum atomic E-state index is 12.0. The highest BCUT2D eigenvalue weighted by Gasteiger charge is 2.18. The smallest absolute Gasteiger partial charge is 0.340 e. The van der Waals surface area contributed by atoms with Crippen LogP contribution in [0.5, 0.6) is 11.5 Å². The van der Waals surface area contributed by atoms with Crippen LogP contribution in [0.15, 0.2) is 22.7 Å². The molecule has 0 aliphatic heterocycles. The van der Waals surface area contributed by atoms with Gasteiger partial charge in [-0.25, -0.2) is 4.79 Å². The predicted molar refractivity (Wildman–Crippen MR) is 85.6 cm³/mol. The molecule has 1 aromatic heterocycles. The molecule has 2 aromatic rings. The molecule has 0 saturated heterocycles. The number of aromatic nitrogens is 2. The number of rotatable bonds is 4. The molecule has 0 atom stereocenters. The highest BCUT2D eigenvalue weighted by Crippen LogP contribution is 2.38. The molecule has 0 saturated carbocycles. The van der Waals surface area contributed by atoms with Crippen LogP contribution in [-0.2, 0) is 9.53 Å². The Morgan fingerprint density at radius 2 is 2.14 bits per heavy atom. The highest BCUT2D eigenvalue weighted by atomic mass is 79.9. The molecule has 0 amide bonds. The Morgan fingerprint density at radius 1 is 1.41 bits per heavy atom. The first-order chi connectivity index (χ1) is 10.5. The molecule has 7 heteroatoms. The lowest BCUT2D eigenvalue weighted by Gasteiger charge is -2.09. The number of benzene rings is 1. The van der Waals surface area contributed by atoms with E-state index in [-0.39, 0.29) is 17.1 Å². The van der Waals surface area contributed by atoms with E-state index in [9.17, 15) is 9.90 Å². The van der Waals surface area contributed by atoms with Crippen molar-refractivity contribution < 1.29 is 19.4 Å². The number of aryl methyl sites for hydroxylation is 1. The Labute approximate surface area is 135 Å². The van der Waals surface area contributed by atoms with Crippen LogP contribution < -0.4 is 4.74 Å². The molecule has 0 radical (unpaired) electrons. The molecule has 22 heavy (non-hydrogen) atoms. The van der Waals surface area contributed by atoms with Crippen molar-refractivity contribution in [2.24, 2.45) is 0 Å². The topological polar surface area (TPSA) is 84.4 Å². The second-order valence-corrected chi connectivity index (χ2v) is 5.36. The Morgan fingerprint density at radius 3 is 2.68 bits per heavy atom. The zero-order valence-corrected chi connectivity index (χ0v) is 13.9. The van der Waals surface area contributed by atoms with Crippen molar-refractivity contribution in [1.82, 2.24) is 10.2 Å². The largest absolute Gasteiger partial charge is 0.504 e. The van der Waals surface area contributed by atoms with Gasteiger partial charge in [0.25, 0.3) is 0 Å². The van der Waals surface area contributed by atoms with E-state index < -0.39 is 5.97 Å². The number of methoxy groups -OCH3 is 2. The minimum Gasteiger partial charge on any atom is -0.504 e. The second-order valence-electron chi connectivity index (χ2n) is 4.50. The van der Waals surface area contributed by atoms with E-state index in [2.05, 4.69) is 26.1 Å². The number of aromatic amines is 1. The average Bonchev–Trinajstić information content (AvgIpc) is 2.92. The molecule has 2 rings (SSSR count). The Hall–Kier alpha value is -2.28. The van der Waals surface area contributed by atoms with E-state index in [0.717, 1.165) is 5.69 Å². The summed E-state index contributed by atoms with van der Waals surface area (Å²) < 4.78 is 10.5. The fraction of sp³-hybridized carbons (Fsp3) is 0.200. The molecule has 0 aliphatic carbocycles. The Balaban J connectivity index is 2.57. The number of hydrogen-bond acceptors (Lipinski definition) is 5. The quantitative estimate of drug-likeness (QED) is 0.641. The number of aromatic hydroxyl groups is 1. The molecule has 0 spiro atoms. The fourth-order valence-corrected chi connectivity index (χ4v) is 2.41. The predicted octanol–water partition coefficient (Wildman–Crippen LogP) is 2.91. The first-order valence-electron chi connectivity index (χ1n) is 6.35. The monoisotopic (exact) mass is 366 g/mol. The van der Waals surface area contributed by atoms with E-state index in [1.807, 2.05) is 6.92 Å². The van der Waals surface area contributed by atoms with E-state index in [1.54, 1.807) is 18.2 Å². The van der Waals surface area contributed by atoms with E-state index in [4.69, 9.17) is 9.47 Å². The number of carbonyl (C=O) groups is 1. The molecule has 0 fully saturated rings. The number of nitrogens with zero attached hydrogens (tertiary/aromatic N) is 1.